The van der Waals surface area contributed by atoms with Crippen LogP contribution in [0.25, 0.3) is 0 Å². The molecule has 4 N–H and O–H groups in total. The molecule has 1 heterocycles. The summed E-state index contributed by atoms with van der Waals surface area (Å²) < 4.78 is 0. The molecule has 110 valence electrons. The van der Waals surface area contributed by atoms with Crippen LogP contribution in [0, 0.1) is 6.92 Å². The third-order valence-corrected chi connectivity index (χ3v) is 2.91. The van der Waals surface area contributed by atoms with E-state index in [9.17, 15) is 9.59 Å². The number of carbonyl (C=O) groups is 2. The number of carbonyl (C=O) groups excluding carboxylic acids is 1. The molecular formula is C14H16N4O3. The maximum Gasteiger partial charge on any atom is 0.319 e. The van der Waals surface area contributed by atoms with Gasteiger partial charge < -0.3 is 15.7 Å². The molecule has 7 nitrogen and oxygen atoms in total. The van der Waals surface area contributed by atoms with Crippen molar-refractivity contribution in [3.8, 4) is 0 Å². The molecule has 0 unspecified atom stereocenters. The minimum Gasteiger partial charge on any atom is -0.481 e. The molecule has 7 heteroatoms. The van der Waals surface area contributed by atoms with E-state index in [1.54, 1.807) is 30.5 Å². The maximum absolute atomic E-state index is 11.8. The minimum atomic E-state index is -0.910. The van der Waals surface area contributed by atoms with Gasteiger partial charge in [0.1, 0.15) is 0 Å². The van der Waals surface area contributed by atoms with Gasteiger partial charge >= 0.3 is 12.0 Å². The van der Waals surface area contributed by atoms with Crippen molar-refractivity contribution in [2.75, 3.05) is 5.32 Å². The standard InChI is InChI=1S/C14H16N4O3/c1-9-11(8-16-18-9)7-15-14(21)17-12-4-2-3-10(5-12)6-13(19)20/h2-5,8H,6-7H2,1H3,(H,16,18)(H,19,20)(H2,15,17,21). The van der Waals surface area contributed by atoms with Crippen LogP contribution >= 0.6 is 0 Å². The second kappa shape index (κ2) is 6.56. The highest BCUT2D eigenvalue weighted by molar-refractivity contribution is 5.89. The molecule has 0 aliphatic rings. The molecule has 21 heavy (non-hydrogen) atoms. The van der Waals surface area contributed by atoms with Gasteiger partial charge in [0.2, 0.25) is 0 Å². The molecule has 0 radical (unpaired) electrons. The third kappa shape index (κ3) is 4.34. The summed E-state index contributed by atoms with van der Waals surface area (Å²) >= 11 is 0. The minimum absolute atomic E-state index is 0.0780. The second-order valence-corrected chi connectivity index (χ2v) is 4.60. The zero-order valence-electron chi connectivity index (χ0n) is 11.5. The third-order valence-electron chi connectivity index (χ3n) is 2.91. The van der Waals surface area contributed by atoms with Crippen molar-refractivity contribution in [3.63, 3.8) is 0 Å². The number of aromatic amines is 1. The number of benzene rings is 1. The van der Waals surface area contributed by atoms with Gasteiger partial charge in [-0.3, -0.25) is 9.89 Å². The van der Waals surface area contributed by atoms with E-state index in [0.29, 0.717) is 17.8 Å². The smallest absolute Gasteiger partial charge is 0.319 e. The van der Waals surface area contributed by atoms with Crippen LogP contribution in [0.2, 0.25) is 0 Å². The maximum atomic E-state index is 11.8. The van der Waals surface area contributed by atoms with Crippen molar-refractivity contribution in [1.82, 2.24) is 15.5 Å². The van der Waals surface area contributed by atoms with Gasteiger partial charge in [-0.25, -0.2) is 4.79 Å². The Labute approximate surface area is 121 Å². The van der Waals surface area contributed by atoms with Crippen LogP contribution in [0.4, 0.5) is 10.5 Å². The molecule has 1 aromatic carbocycles. The lowest BCUT2D eigenvalue weighted by atomic mass is 10.1. The van der Waals surface area contributed by atoms with Crippen LogP contribution in [-0.4, -0.2) is 27.3 Å². The number of aryl methyl sites for hydroxylation is 1. The van der Waals surface area contributed by atoms with Gasteiger partial charge in [-0.15, -0.1) is 0 Å². The fourth-order valence-electron chi connectivity index (χ4n) is 1.84. The molecule has 0 saturated carbocycles. The van der Waals surface area contributed by atoms with E-state index >= 15 is 0 Å². The van der Waals surface area contributed by atoms with Gasteiger partial charge in [-0.05, 0) is 24.6 Å². The van der Waals surface area contributed by atoms with E-state index in [-0.39, 0.29) is 12.5 Å². The first-order valence-electron chi connectivity index (χ1n) is 6.39. The number of carboxylic acid groups (broad SMARTS) is 1. The van der Waals surface area contributed by atoms with Crippen molar-refractivity contribution < 1.29 is 14.7 Å². The lowest BCUT2D eigenvalue weighted by molar-refractivity contribution is -0.136. The van der Waals surface area contributed by atoms with Crippen molar-refractivity contribution >= 4 is 17.7 Å². The molecule has 1 aromatic heterocycles. The second-order valence-electron chi connectivity index (χ2n) is 4.60. The predicted octanol–water partition coefficient (Wildman–Crippen LogP) is 1.67. The van der Waals surface area contributed by atoms with Gasteiger partial charge in [0.15, 0.2) is 0 Å². The number of amides is 2. The molecule has 2 rings (SSSR count). The van der Waals surface area contributed by atoms with Gasteiger partial charge in [0.05, 0.1) is 12.6 Å². The Morgan fingerprint density at radius 1 is 1.38 bits per heavy atom. The summed E-state index contributed by atoms with van der Waals surface area (Å²) in [5, 5.41) is 20.8. The first-order valence-corrected chi connectivity index (χ1v) is 6.39. The Bertz CT molecular complexity index is 651. The Morgan fingerprint density at radius 2 is 2.19 bits per heavy atom. The highest BCUT2D eigenvalue weighted by Crippen LogP contribution is 2.11. The molecule has 0 aliphatic heterocycles. The van der Waals surface area contributed by atoms with Crippen LogP contribution in [0.1, 0.15) is 16.8 Å². The quantitative estimate of drug-likeness (QED) is 0.671. The van der Waals surface area contributed by atoms with Gasteiger partial charge in [-0.1, -0.05) is 12.1 Å². The number of hydrogen-bond acceptors (Lipinski definition) is 3. The SMILES string of the molecule is Cc1[nH]ncc1CNC(=O)Nc1cccc(CC(=O)O)c1. The van der Waals surface area contributed by atoms with Crippen molar-refractivity contribution in [2.45, 2.75) is 19.9 Å². The van der Waals surface area contributed by atoms with Crippen LogP contribution in [0.3, 0.4) is 0 Å². The first kappa shape index (κ1) is 14.6. The monoisotopic (exact) mass is 288 g/mol. The van der Waals surface area contributed by atoms with Gasteiger partial charge in [0, 0.05) is 23.5 Å². The summed E-state index contributed by atoms with van der Waals surface area (Å²) in [5.74, 6) is -0.910. The molecule has 0 bridgehead atoms. The summed E-state index contributed by atoms with van der Waals surface area (Å²) in [5.41, 5.74) is 2.99. The summed E-state index contributed by atoms with van der Waals surface area (Å²) in [4.78, 5) is 22.4. The topological polar surface area (TPSA) is 107 Å². The lowest BCUT2D eigenvalue weighted by Gasteiger charge is -2.08. The van der Waals surface area contributed by atoms with Crippen LogP contribution in [0.15, 0.2) is 30.5 Å². The number of aliphatic carboxylic acids is 1. The normalized spacial score (nSPS) is 10.1. The lowest BCUT2D eigenvalue weighted by Crippen LogP contribution is -2.28. The van der Waals surface area contributed by atoms with Gasteiger partial charge in [-0.2, -0.15) is 5.10 Å². The average molecular weight is 288 g/mol. The Morgan fingerprint density at radius 3 is 2.86 bits per heavy atom. The number of anilines is 1. The number of urea groups is 1. The Hall–Kier alpha value is -2.83. The Balaban J connectivity index is 1.90. The molecule has 0 spiro atoms. The van der Waals surface area contributed by atoms with E-state index in [4.69, 9.17) is 5.11 Å². The number of nitrogens with zero attached hydrogens (tertiary/aromatic N) is 1. The fourth-order valence-corrected chi connectivity index (χ4v) is 1.84. The number of carboxylic acids is 1. The molecular weight excluding hydrogens is 272 g/mol. The largest absolute Gasteiger partial charge is 0.481 e. The highest BCUT2D eigenvalue weighted by Gasteiger charge is 2.06. The van der Waals surface area contributed by atoms with E-state index in [0.717, 1.165) is 11.3 Å². The number of nitrogens with one attached hydrogen (secondary N) is 3. The van der Waals surface area contributed by atoms with E-state index < -0.39 is 5.97 Å². The van der Waals surface area contributed by atoms with Crippen LogP contribution < -0.4 is 10.6 Å². The van der Waals surface area contributed by atoms with Crippen molar-refractivity contribution in [2.24, 2.45) is 0 Å². The first-order chi connectivity index (χ1) is 10.0. The van der Waals surface area contributed by atoms with Gasteiger partial charge in [0.25, 0.3) is 0 Å². The molecule has 2 aromatic rings. The number of H-pyrrole nitrogens is 1. The summed E-state index contributed by atoms with van der Waals surface area (Å²) in [6.45, 7) is 2.24. The van der Waals surface area contributed by atoms with E-state index in [1.807, 2.05) is 6.92 Å². The highest BCUT2D eigenvalue weighted by atomic mass is 16.4. The number of aromatic nitrogens is 2. The average Bonchev–Trinajstić information content (AvgIpc) is 2.81. The van der Waals surface area contributed by atoms with Crippen LogP contribution in [-0.2, 0) is 17.8 Å². The van der Waals surface area contributed by atoms with E-state index in [2.05, 4.69) is 20.8 Å². The molecule has 0 fully saturated rings. The summed E-state index contributed by atoms with van der Waals surface area (Å²) in [6.07, 6.45) is 1.58. The van der Waals surface area contributed by atoms with Crippen molar-refractivity contribution in [3.05, 3.63) is 47.3 Å². The van der Waals surface area contributed by atoms with Crippen molar-refractivity contribution in [1.29, 1.82) is 0 Å². The molecule has 0 atom stereocenters. The van der Waals surface area contributed by atoms with E-state index in [1.165, 1.54) is 0 Å². The molecule has 0 saturated heterocycles. The Kier molecular flexibility index (Phi) is 4.55. The predicted molar refractivity (Wildman–Crippen MR) is 77.0 cm³/mol. The molecule has 2 amide bonds. The number of rotatable bonds is 5. The van der Waals surface area contributed by atoms with Crippen LogP contribution in [0.5, 0.6) is 0 Å². The number of hydrogen-bond donors (Lipinski definition) is 4. The summed E-state index contributed by atoms with van der Waals surface area (Å²) in [7, 11) is 0. The zero-order chi connectivity index (χ0) is 15.2. The fraction of sp³-hybridized carbons (Fsp3) is 0.214. The zero-order valence-corrected chi connectivity index (χ0v) is 11.5. The summed E-state index contributed by atoms with van der Waals surface area (Å²) in [6, 6.07) is 6.38. The molecule has 0 aliphatic carbocycles.